The molecule has 0 aliphatic rings. The molecular formula is C13H13NO5S. The van der Waals surface area contributed by atoms with Gasteiger partial charge >= 0.3 is 5.97 Å². The molecule has 1 aromatic carbocycles. The van der Waals surface area contributed by atoms with Crippen molar-refractivity contribution >= 4 is 16.0 Å². The van der Waals surface area contributed by atoms with Crippen molar-refractivity contribution in [3.63, 3.8) is 0 Å². The average molecular weight is 295 g/mol. The first-order valence-corrected chi connectivity index (χ1v) is 7.27. The van der Waals surface area contributed by atoms with Crippen LogP contribution in [0.3, 0.4) is 0 Å². The quantitative estimate of drug-likeness (QED) is 0.879. The highest BCUT2D eigenvalue weighted by Gasteiger charge is 2.20. The standard InChI is InChI=1S/C13H13NO5S/c1-9(12-6-3-7-19-12)14-20(17,18)11-5-2-4-10(8-11)13(15)16/h2-9,14H,1H3,(H,15,16)/t9-/m1/s1. The van der Waals surface area contributed by atoms with Crippen LogP contribution >= 0.6 is 0 Å². The Morgan fingerprint density at radius 2 is 2.05 bits per heavy atom. The van der Waals surface area contributed by atoms with Gasteiger partial charge in [0.25, 0.3) is 0 Å². The molecule has 1 heterocycles. The van der Waals surface area contributed by atoms with E-state index in [2.05, 4.69) is 4.72 Å². The van der Waals surface area contributed by atoms with E-state index in [9.17, 15) is 13.2 Å². The lowest BCUT2D eigenvalue weighted by atomic mass is 10.2. The van der Waals surface area contributed by atoms with E-state index in [4.69, 9.17) is 9.52 Å². The Hall–Kier alpha value is -2.12. The lowest BCUT2D eigenvalue weighted by Gasteiger charge is -2.12. The average Bonchev–Trinajstić information content (AvgIpc) is 2.92. The molecule has 0 aliphatic heterocycles. The van der Waals surface area contributed by atoms with Gasteiger partial charge in [0, 0.05) is 0 Å². The molecule has 0 fully saturated rings. The van der Waals surface area contributed by atoms with E-state index in [1.54, 1.807) is 19.1 Å². The number of nitrogens with one attached hydrogen (secondary N) is 1. The Morgan fingerprint density at radius 3 is 2.65 bits per heavy atom. The van der Waals surface area contributed by atoms with Gasteiger partial charge in [-0.1, -0.05) is 6.07 Å². The van der Waals surface area contributed by atoms with Crippen LogP contribution in [0, 0.1) is 0 Å². The molecule has 0 aliphatic carbocycles. The Bertz CT molecular complexity index is 706. The molecule has 7 heteroatoms. The van der Waals surface area contributed by atoms with E-state index in [1.807, 2.05) is 0 Å². The number of carbonyl (C=O) groups is 1. The van der Waals surface area contributed by atoms with Gasteiger partial charge < -0.3 is 9.52 Å². The first-order chi connectivity index (χ1) is 9.40. The fraction of sp³-hybridized carbons (Fsp3) is 0.154. The van der Waals surface area contributed by atoms with Crippen molar-refractivity contribution in [1.82, 2.24) is 4.72 Å². The molecule has 20 heavy (non-hydrogen) atoms. The van der Waals surface area contributed by atoms with Crippen molar-refractivity contribution in [2.24, 2.45) is 0 Å². The molecule has 1 aromatic heterocycles. The van der Waals surface area contributed by atoms with E-state index in [1.165, 1.54) is 24.5 Å². The number of rotatable bonds is 5. The summed E-state index contributed by atoms with van der Waals surface area (Å²) in [6, 6.07) is 7.92. The maximum Gasteiger partial charge on any atom is 0.335 e. The minimum atomic E-state index is -3.81. The van der Waals surface area contributed by atoms with Crippen LogP contribution in [-0.4, -0.2) is 19.5 Å². The third kappa shape index (κ3) is 3.06. The topological polar surface area (TPSA) is 96.6 Å². The number of benzene rings is 1. The molecular weight excluding hydrogens is 282 g/mol. The lowest BCUT2D eigenvalue weighted by molar-refractivity contribution is 0.0696. The van der Waals surface area contributed by atoms with E-state index in [-0.39, 0.29) is 10.5 Å². The predicted octanol–water partition coefficient (Wildman–Crippen LogP) is 2.02. The summed E-state index contributed by atoms with van der Waals surface area (Å²) in [5, 5.41) is 8.88. The van der Waals surface area contributed by atoms with E-state index in [0.29, 0.717) is 5.76 Å². The van der Waals surface area contributed by atoms with Crippen LogP contribution in [0.2, 0.25) is 0 Å². The normalized spacial score (nSPS) is 13.1. The van der Waals surface area contributed by atoms with Crippen LogP contribution in [0.15, 0.2) is 52.0 Å². The highest BCUT2D eigenvalue weighted by molar-refractivity contribution is 7.89. The van der Waals surface area contributed by atoms with E-state index >= 15 is 0 Å². The Labute approximate surface area is 116 Å². The number of aromatic carboxylic acids is 1. The first kappa shape index (κ1) is 14.3. The van der Waals surface area contributed by atoms with Gasteiger partial charge in [0.15, 0.2) is 0 Å². The van der Waals surface area contributed by atoms with Crippen LogP contribution in [-0.2, 0) is 10.0 Å². The first-order valence-electron chi connectivity index (χ1n) is 5.79. The summed E-state index contributed by atoms with van der Waals surface area (Å²) < 4.78 is 31.9. The molecule has 0 spiro atoms. The Balaban J connectivity index is 2.26. The van der Waals surface area contributed by atoms with Gasteiger partial charge in [-0.05, 0) is 37.3 Å². The number of carboxylic acid groups (broad SMARTS) is 1. The van der Waals surface area contributed by atoms with E-state index < -0.39 is 22.0 Å². The molecule has 0 saturated heterocycles. The van der Waals surface area contributed by atoms with Gasteiger partial charge in [-0.3, -0.25) is 0 Å². The fourth-order valence-electron chi connectivity index (χ4n) is 1.69. The maximum absolute atomic E-state index is 12.2. The van der Waals surface area contributed by atoms with Crippen LogP contribution < -0.4 is 4.72 Å². The molecule has 6 nitrogen and oxygen atoms in total. The monoisotopic (exact) mass is 295 g/mol. The molecule has 0 radical (unpaired) electrons. The summed E-state index contributed by atoms with van der Waals surface area (Å²) in [7, 11) is -3.81. The zero-order chi connectivity index (χ0) is 14.8. The molecule has 0 bridgehead atoms. The molecule has 0 saturated carbocycles. The summed E-state index contributed by atoms with van der Waals surface area (Å²) in [4.78, 5) is 10.8. The summed E-state index contributed by atoms with van der Waals surface area (Å²) in [5.41, 5.74) is -0.0847. The summed E-state index contributed by atoms with van der Waals surface area (Å²) in [6.07, 6.45) is 1.45. The minimum absolute atomic E-state index is 0.0847. The van der Waals surface area contributed by atoms with Gasteiger partial charge in [-0.25, -0.2) is 17.9 Å². The number of furan rings is 1. The van der Waals surface area contributed by atoms with Crippen molar-refractivity contribution in [3.8, 4) is 0 Å². The molecule has 1 atom stereocenters. The summed E-state index contributed by atoms with van der Waals surface area (Å²) in [5.74, 6) is -0.705. The van der Waals surface area contributed by atoms with Crippen molar-refractivity contribution in [1.29, 1.82) is 0 Å². The number of sulfonamides is 1. The van der Waals surface area contributed by atoms with Gasteiger partial charge in [0.05, 0.1) is 22.8 Å². The lowest BCUT2D eigenvalue weighted by Crippen LogP contribution is -2.26. The van der Waals surface area contributed by atoms with Gasteiger partial charge in [-0.2, -0.15) is 0 Å². The second kappa shape index (κ2) is 5.48. The highest BCUT2D eigenvalue weighted by Crippen LogP contribution is 2.18. The predicted molar refractivity (Wildman–Crippen MR) is 70.8 cm³/mol. The molecule has 0 unspecified atom stereocenters. The molecule has 0 amide bonds. The van der Waals surface area contributed by atoms with Gasteiger partial charge in [0.2, 0.25) is 10.0 Å². The number of carboxylic acids is 1. The van der Waals surface area contributed by atoms with Crippen molar-refractivity contribution in [2.45, 2.75) is 17.9 Å². The second-order valence-corrected chi connectivity index (χ2v) is 5.91. The molecule has 2 aromatic rings. The third-order valence-corrected chi connectivity index (χ3v) is 4.23. The van der Waals surface area contributed by atoms with Crippen molar-refractivity contribution in [2.75, 3.05) is 0 Å². The molecule has 106 valence electrons. The Kier molecular flexibility index (Phi) is 3.91. The smallest absolute Gasteiger partial charge is 0.335 e. The highest BCUT2D eigenvalue weighted by atomic mass is 32.2. The second-order valence-electron chi connectivity index (χ2n) is 4.19. The van der Waals surface area contributed by atoms with Crippen LogP contribution in [0.1, 0.15) is 29.1 Å². The number of hydrogen-bond donors (Lipinski definition) is 2. The van der Waals surface area contributed by atoms with Gasteiger partial charge in [-0.15, -0.1) is 0 Å². The zero-order valence-electron chi connectivity index (χ0n) is 10.6. The number of hydrogen-bond acceptors (Lipinski definition) is 4. The minimum Gasteiger partial charge on any atom is -0.478 e. The molecule has 2 rings (SSSR count). The van der Waals surface area contributed by atoms with Crippen LogP contribution in [0.5, 0.6) is 0 Å². The fourth-order valence-corrected chi connectivity index (χ4v) is 2.95. The summed E-state index contributed by atoms with van der Waals surface area (Å²) >= 11 is 0. The Morgan fingerprint density at radius 1 is 1.30 bits per heavy atom. The van der Waals surface area contributed by atoms with E-state index in [0.717, 1.165) is 6.07 Å². The third-order valence-electron chi connectivity index (χ3n) is 2.69. The largest absolute Gasteiger partial charge is 0.478 e. The van der Waals surface area contributed by atoms with Gasteiger partial charge in [0.1, 0.15) is 5.76 Å². The SMILES string of the molecule is C[C@@H](NS(=O)(=O)c1cccc(C(=O)O)c1)c1ccco1. The van der Waals surface area contributed by atoms with Crippen molar-refractivity contribution in [3.05, 3.63) is 54.0 Å². The van der Waals surface area contributed by atoms with Crippen LogP contribution in [0.4, 0.5) is 0 Å². The van der Waals surface area contributed by atoms with Crippen molar-refractivity contribution < 1.29 is 22.7 Å². The molecule has 2 N–H and O–H groups in total. The maximum atomic E-state index is 12.2. The zero-order valence-corrected chi connectivity index (χ0v) is 11.4. The summed E-state index contributed by atoms with van der Waals surface area (Å²) in [6.45, 7) is 1.64. The van der Waals surface area contributed by atoms with Crippen LogP contribution in [0.25, 0.3) is 0 Å².